The molecule has 0 amide bonds. The molecule has 0 aliphatic carbocycles. The Kier molecular flexibility index (Phi) is 46.2. The molecular weight excluding hydrogens is 640 g/mol. The SMILES string of the molecule is C=COCCOCCOCCOCCOCCOCCOCCOCCOCCOCCOCCOCCOCCCCCCCCCC. The van der Waals surface area contributed by atoms with Crippen LogP contribution in [0, 0.1) is 0 Å². The Labute approximate surface area is 297 Å². The van der Waals surface area contributed by atoms with Gasteiger partial charge in [0.15, 0.2) is 0 Å². The summed E-state index contributed by atoms with van der Waals surface area (Å²) in [4.78, 5) is 0. The molecule has 0 heterocycles. The van der Waals surface area contributed by atoms with Gasteiger partial charge in [0.2, 0.25) is 0 Å². The van der Waals surface area contributed by atoms with Crippen LogP contribution in [0.25, 0.3) is 0 Å². The first kappa shape index (κ1) is 48.1. The first-order valence-electron chi connectivity index (χ1n) is 18.6. The molecule has 49 heavy (non-hydrogen) atoms. The maximum absolute atomic E-state index is 5.62. The van der Waals surface area contributed by atoms with Crippen LogP contribution in [0.15, 0.2) is 12.8 Å². The van der Waals surface area contributed by atoms with Gasteiger partial charge in [-0.2, -0.15) is 0 Å². The highest BCUT2D eigenvalue weighted by Gasteiger charge is 1.97. The molecule has 0 unspecified atom stereocenters. The van der Waals surface area contributed by atoms with Gasteiger partial charge in [-0.1, -0.05) is 58.4 Å². The zero-order valence-corrected chi connectivity index (χ0v) is 30.9. The van der Waals surface area contributed by atoms with Crippen LogP contribution < -0.4 is 0 Å². The van der Waals surface area contributed by atoms with Gasteiger partial charge in [-0.05, 0) is 6.42 Å². The summed E-state index contributed by atoms with van der Waals surface area (Å²) < 4.78 is 70.7. The Balaban J connectivity index is 3.04. The fraction of sp³-hybridized carbons (Fsp3) is 0.944. The van der Waals surface area contributed by atoms with Gasteiger partial charge < -0.3 is 61.6 Å². The second kappa shape index (κ2) is 47.1. The van der Waals surface area contributed by atoms with Crippen LogP contribution in [-0.4, -0.2) is 165 Å². The summed E-state index contributed by atoms with van der Waals surface area (Å²) in [7, 11) is 0. The van der Waals surface area contributed by atoms with E-state index in [1.807, 2.05) is 0 Å². The molecule has 0 rings (SSSR count). The van der Waals surface area contributed by atoms with Crippen molar-refractivity contribution in [1.29, 1.82) is 0 Å². The van der Waals surface area contributed by atoms with E-state index in [4.69, 9.17) is 61.6 Å². The maximum atomic E-state index is 5.62. The van der Waals surface area contributed by atoms with Crippen LogP contribution in [0.1, 0.15) is 58.3 Å². The predicted molar refractivity (Wildman–Crippen MR) is 189 cm³/mol. The summed E-state index contributed by atoms with van der Waals surface area (Å²) in [5.74, 6) is 0. The lowest BCUT2D eigenvalue weighted by Gasteiger charge is -2.09. The highest BCUT2D eigenvalue weighted by Crippen LogP contribution is 2.08. The highest BCUT2D eigenvalue weighted by molar-refractivity contribution is 4.48. The van der Waals surface area contributed by atoms with Crippen molar-refractivity contribution in [3.05, 3.63) is 12.8 Å². The molecule has 0 spiro atoms. The van der Waals surface area contributed by atoms with Gasteiger partial charge in [0.05, 0.1) is 158 Å². The summed E-state index contributed by atoms with van der Waals surface area (Å²) in [6.07, 6.45) is 11.9. The highest BCUT2D eigenvalue weighted by atomic mass is 16.6. The van der Waals surface area contributed by atoms with Crippen LogP contribution in [0.2, 0.25) is 0 Å². The van der Waals surface area contributed by atoms with Crippen LogP contribution in [-0.2, 0) is 61.6 Å². The normalized spacial score (nSPS) is 11.4. The molecule has 13 heteroatoms. The van der Waals surface area contributed by atoms with E-state index in [-0.39, 0.29) is 0 Å². The largest absolute Gasteiger partial charge is 0.499 e. The van der Waals surface area contributed by atoms with Crippen LogP contribution >= 0.6 is 0 Å². The molecule has 0 N–H and O–H groups in total. The molecule has 294 valence electrons. The first-order chi connectivity index (χ1) is 24.4. The molecule has 0 aromatic carbocycles. The minimum Gasteiger partial charge on any atom is -0.499 e. The smallest absolute Gasteiger partial charge is 0.111 e. The maximum Gasteiger partial charge on any atom is 0.111 e. The zero-order valence-electron chi connectivity index (χ0n) is 30.9. The lowest BCUT2D eigenvalue weighted by molar-refractivity contribution is -0.0286. The van der Waals surface area contributed by atoms with Gasteiger partial charge in [-0.3, -0.25) is 0 Å². The van der Waals surface area contributed by atoms with E-state index in [2.05, 4.69) is 13.5 Å². The van der Waals surface area contributed by atoms with Gasteiger partial charge in [-0.25, -0.2) is 0 Å². The average molecular weight is 713 g/mol. The average Bonchev–Trinajstić information content (AvgIpc) is 3.11. The summed E-state index contributed by atoms with van der Waals surface area (Å²) >= 11 is 0. The summed E-state index contributed by atoms with van der Waals surface area (Å²) in [6, 6.07) is 0. The minimum atomic E-state index is 0.503. The molecule has 13 nitrogen and oxygen atoms in total. The predicted octanol–water partition coefficient (Wildman–Crippen LogP) is 4.49. The molecule has 0 aromatic rings. The zero-order chi connectivity index (χ0) is 35.2. The lowest BCUT2D eigenvalue weighted by atomic mass is 10.1. The number of rotatable bonds is 46. The van der Waals surface area contributed by atoms with Crippen molar-refractivity contribution in [2.45, 2.75) is 58.3 Å². The number of hydrogen-bond donors (Lipinski definition) is 0. The second-order valence-electron chi connectivity index (χ2n) is 10.9. The van der Waals surface area contributed by atoms with Crippen LogP contribution in [0.3, 0.4) is 0 Å². The lowest BCUT2D eigenvalue weighted by Crippen LogP contribution is -2.15. The monoisotopic (exact) mass is 712 g/mol. The number of ether oxygens (including phenoxy) is 13. The molecule has 0 atom stereocenters. The Morgan fingerprint density at radius 3 is 0.714 bits per heavy atom. The quantitative estimate of drug-likeness (QED) is 0.0652. The second-order valence-corrected chi connectivity index (χ2v) is 10.9. The van der Waals surface area contributed by atoms with Crippen molar-refractivity contribution in [3.8, 4) is 0 Å². The van der Waals surface area contributed by atoms with Crippen molar-refractivity contribution in [2.75, 3.05) is 165 Å². The topological polar surface area (TPSA) is 120 Å². The Hall–Kier alpha value is -0.940. The van der Waals surface area contributed by atoms with Crippen molar-refractivity contribution in [1.82, 2.24) is 0 Å². The van der Waals surface area contributed by atoms with Crippen molar-refractivity contribution < 1.29 is 61.6 Å². The van der Waals surface area contributed by atoms with Gasteiger partial charge in [0.1, 0.15) is 6.61 Å². The minimum absolute atomic E-state index is 0.503. The van der Waals surface area contributed by atoms with Crippen molar-refractivity contribution >= 4 is 0 Å². The molecule has 0 saturated heterocycles. The number of unbranched alkanes of at least 4 members (excludes halogenated alkanes) is 7. The van der Waals surface area contributed by atoms with E-state index in [1.54, 1.807) is 0 Å². The van der Waals surface area contributed by atoms with Gasteiger partial charge >= 0.3 is 0 Å². The standard InChI is InChI=1S/C36H72O13/c1-3-5-6-7-8-9-10-11-12-38-15-16-40-19-20-42-23-24-44-27-28-46-31-32-48-35-36-49-34-33-47-30-29-45-26-25-43-22-21-41-18-17-39-14-13-37-4-2/h4H,2-3,5-36H2,1H3. The third-order valence-corrected chi connectivity index (χ3v) is 6.70. The Morgan fingerprint density at radius 2 is 0.469 bits per heavy atom. The molecule has 0 bridgehead atoms. The fourth-order valence-electron chi connectivity index (χ4n) is 4.05. The number of hydrogen-bond acceptors (Lipinski definition) is 13. The third-order valence-electron chi connectivity index (χ3n) is 6.70. The van der Waals surface area contributed by atoms with E-state index < -0.39 is 0 Å². The molecule has 0 saturated carbocycles. The summed E-state index contributed by atoms with van der Waals surface area (Å²) in [5, 5.41) is 0. The van der Waals surface area contributed by atoms with E-state index in [0.717, 1.165) is 13.0 Å². The van der Waals surface area contributed by atoms with Crippen LogP contribution in [0.5, 0.6) is 0 Å². The third kappa shape index (κ3) is 47.1. The molecule has 0 aliphatic rings. The van der Waals surface area contributed by atoms with Crippen LogP contribution in [0.4, 0.5) is 0 Å². The fourth-order valence-corrected chi connectivity index (χ4v) is 4.05. The molecular formula is C36H72O13. The first-order valence-corrected chi connectivity index (χ1v) is 18.6. The van der Waals surface area contributed by atoms with E-state index in [9.17, 15) is 0 Å². The van der Waals surface area contributed by atoms with Gasteiger partial charge in [0.25, 0.3) is 0 Å². The van der Waals surface area contributed by atoms with E-state index in [0.29, 0.717) is 159 Å². The Bertz CT molecular complexity index is 589. The Morgan fingerprint density at radius 1 is 0.265 bits per heavy atom. The van der Waals surface area contributed by atoms with Gasteiger partial charge in [0, 0.05) is 6.61 Å². The molecule has 0 fully saturated rings. The molecule has 0 aromatic heterocycles. The van der Waals surface area contributed by atoms with E-state index in [1.165, 1.54) is 51.2 Å². The summed E-state index contributed by atoms with van der Waals surface area (Å²) in [6.45, 7) is 19.3. The van der Waals surface area contributed by atoms with Crippen molar-refractivity contribution in [3.63, 3.8) is 0 Å². The molecule has 0 radical (unpaired) electrons. The van der Waals surface area contributed by atoms with Gasteiger partial charge in [-0.15, -0.1) is 0 Å². The molecule has 0 aliphatic heterocycles. The van der Waals surface area contributed by atoms with E-state index >= 15 is 0 Å². The van der Waals surface area contributed by atoms with Crippen molar-refractivity contribution in [2.24, 2.45) is 0 Å². The summed E-state index contributed by atoms with van der Waals surface area (Å²) in [5.41, 5.74) is 0.